The summed E-state index contributed by atoms with van der Waals surface area (Å²) in [5.74, 6) is 1.10. The number of nitrogens with one attached hydrogen (secondary N) is 1. The molecule has 0 radical (unpaired) electrons. The maximum absolute atomic E-state index is 6.35. The minimum absolute atomic E-state index is 0.273. The van der Waals surface area contributed by atoms with Crippen molar-refractivity contribution < 1.29 is 0 Å². The summed E-state index contributed by atoms with van der Waals surface area (Å²) in [4.78, 5) is 4.46. The molecule has 100 valence electrons. The van der Waals surface area contributed by atoms with Crippen LogP contribution >= 0.6 is 11.6 Å². The molecule has 1 aliphatic carbocycles. The smallest absolute Gasteiger partial charge is 0.243 e. The summed E-state index contributed by atoms with van der Waals surface area (Å²) in [5.41, 5.74) is 1.69. The average molecular weight is 277 g/mol. The first kappa shape index (κ1) is 12.6. The van der Waals surface area contributed by atoms with E-state index in [1.165, 1.54) is 19.3 Å². The summed E-state index contributed by atoms with van der Waals surface area (Å²) in [6.45, 7) is 0.828. The summed E-state index contributed by atoms with van der Waals surface area (Å²) in [5, 5.41) is 11.8. The molecule has 4 nitrogen and oxygen atoms in total. The Morgan fingerprint density at radius 2 is 1.89 bits per heavy atom. The third kappa shape index (κ3) is 2.95. The predicted molar refractivity (Wildman–Crippen MR) is 77.4 cm³/mol. The molecule has 1 fully saturated rings. The van der Waals surface area contributed by atoms with E-state index in [0.717, 1.165) is 24.0 Å². The highest BCUT2D eigenvalue weighted by atomic mass is 35.5. The van der Waals surface area contributed by atoms with Crippen LogP contribution in [-0.2, 0) is 0 Å². The number of anilines is 1. The van der Waals surface area contributed by atoms with Crippen molar-refractivity contribution >= 4 is 28.6 Å². The largest absolute Gasteiger partial charge is 0.353 e. The van der Waals surface area contributed by atoms with Gasteiger partial charge in [-0.2, -0.15) is 0 Å². The highest BCUT2D eigenvalue weighted by Gasteiger charge is 2.22. The van der Waals surface area contributed by atoms with Gasteiger partial charge in [0.1, 0.15) is 5.52 Å². The predicted octanol–water partition coefficient (Wildman–Crippen LogP) is 3.23. The van der Waals surface area contributed by atoms with Crippen LogP contribution < -0.4 is 5.32 Å². The van der Waals surface area contributed by atoms with Crippen LogP contribution in [0.25, 0.3) is 11.0 Å². The van der Waals surface area contributed by atoms with Crippen LogP contribution in [0.1, 0.15) is 25.7 Å². The first-order valence-electron chi connectivity index (χ1n) is 6.80. The lowest BCUT2D eigenvalue weighted by Gasteiger charge is -2.26. The van der Waals surface area contributed by atoms with Crippen LogP contribution in [0.5, 0.6) is 0 Å². The van der Waals surface area contributed by atoms with Gasteiger partial charge in [-0.25, -0.2) is 4.98 Å². The molecule has 0 spiro atoms. The van der Waals surface area contributed by atoms with Crippen LogP contribution in [0.15, 0.2) is 24.3 Å². The fraction of sp³-hybridized carbons (Fsp3) is 0.500. The second-order valence-corrected chi connectivity index (χ2v) is 5.63. The van der Waals surface area contributed by atoms with Crippen LogP contribution in [0, 0.1) is 5.92 Å². The molecule has 0 bridgehead atoms. The lowest BCUT2D eigenvalue weighted by Crippen LogP contribution is -2.27. The van der Waals surface area contributed by atoms with Crippen molar-refractivity contribution in [1.82, 2.24) is 15.2 Å². The second kappa shape index (κ2) is 5.70. The minimum Gasteiger partial charge on any atom is -0.353 e. The fourth-order valence-electron chi connectivity index (χ4n) is 2.57. The molecule has 5 heteroatoms. The third-order valence-electron chi connectivity index (χ3n) is 3.70. The van der Waals surface area contributed by atoms with Gasteiger partial charge in [-0.05, 0) is 30.9 Å². The van der Waals surface area contributed by atoms with Crippen molar-refractivity contribution in [3.8, 4) is 0 Å². The van der Waals surface area contributed by atoms with Gasteiger partial charge in [0.05, 0.1) is 5.52 Å². The van der Waals surface area contributed by atoms with E-state index in [2.05, 4.69) is 20.5 Å². The van der Waals surface area contributed by atoms with Gasteiger partial charge < -0.3 is 5.32 Å². The Labute approximate surface area is 117 Å². The van der Waals surface area contributed by atoms with Gasteiger partial charge in [-0.3, -0.25) is 0 Å². The van der Waals surface area contributed by atoms with E-state index in [4.69, 9.17) is 11.6 Å². The first-order valence-corrected chi connectivity index (χ1v) is 7.24. The number of aromatic nitrogens is 3. The van der Waals surface area contributed by atoms with Crippen LogP contribution in [-0.4, -0.2) is 27.1 Å². The van der Waals surface area contributed by atoms with Crippen molar-refractivity contribution in [3.05, 3.63) is 24.3 Å². The summed E-state index contributed by atoms with van der Waals surface area (Å²) in [6.07, 6.45) is 4.82. The van der Waals surface area contributed by atoms with Gasteiger partial charge in [0.15, 0.2) is 0 Å². The van der Waals surface area contributed by atoms with E-state index in [1.807, 2.05) is 24.3 Å². The molecule has 0 amide bonds. The zero-order valence-electron chi connectivity index (χ0n) is 10.7. The maximum Gasteiger partial charge on any atom is 0.243 e. The van der Waals surface area contributed by atoms with Crippen molar-refractivity contribution in [2.75, 3.05) is 11.9 Å². The number of nitrogens with zero attached hydrogens (tertiary/aromatic N) is 3. The Hall–Kier alpha value is -1.42. The van der Waals surface area contributed by atoms with Gasteiger partial charge in [-0.1, -0.05) is 25.0 Å². The molecule has 0 saturated heterocycles. The number of benzene rings is 1. The zero-order chi connectivity index (χ0) is 13.1. The Bertz CT molecular complexity index is 560. The summed E-state index contributed by atoms with van der Waals surface area (Å²) in [7, 11) is 0. The van der Waals surface area contributed by atoms with Crippen molar-refractivity contribution in [3.63, 3.8) is 0 Å². The molecule has 1 aromatic heterocycles. The van der Waals surface area contributed by atoms with E-state index in [1.54, 1.807) is 0 Å². The molecule has 3 rings (SSSR count). The van der Waals surface area contributed by atoms with E-state index >= 15 is 0 Å². The lowest BCUT2D eigenvalue weighted by atomic mass is 9.89. The Morgan fingerprint density at radius 3 is 2.74 bits per heavy atom. The molecule has 2 atom stereocenters. The lowest BCUT2D eigenvalue weighted by molar-refractivity contribution is 0.380. The van der Waals surface area contributed by atoms with E-state index in [-0.39, 0.29) is 5.38 Å². The average Bonchev–Trinajstić information content (AvgIpc) is 2.46. The summed E-state index contributed by atoms with van der Waals surface area (Å²) >= 11 is 6.35. The SMILES string of the molecule is ClC1CCCCC1CNc1nnc2ccccc2n1. The highest BCUT2D eigenvalue weighted by molar-refractivity contribution is 6.20. The maximum atomic E-state index is 6.35. The second-order valence-electron chi connectivity index (χ2n) is 5.07. The monoisotopic (exact) mass is 276 g/mol. The normalized spacial score (nSPS) is 23.4. The quantitative estimate of drug-likeness (QED) is 0.875. The van der Waals surface area contributed by atoms with Gasteiger partial charge >= 0.3 is 0 Å². The fourth-order valence-corrected chi connectivity index (χ4v) is 2.94. The number of hydrogen-bond donors (Lipinski definition) is 1. The molecule has 1 saturated carbocycles. The third-order valence-corrected chi connectivity index (χ3v) is 4.27. The number of alkyl halides is 1. The van der Waals surface area contributed by atoms with Crippen LogP contribution in [0.3, 0.4) is 0 Å². The Balaban J connectivity index is 1.67. The van der Waals surface area contributed by atoms with Crippen molar-refractivity contribution in [1.29, 1.82) is 0 Å². The van der Waals surface area contributed by atoms with Gasteiger partial charge in [0, 0.05) is 11.9 Å². The number of para-hydroxylation sites is 1. The zero-order valence-corrected chi connectivity index (χ0v) is 11.5. The van der Waals surface area contributed by atoms with Gasteiger partial charge in [0.25, 0.3) is 0 Å². The number of hydrogen-bond acceptors (Lipinski definition) is 4. The van der Waals surface area contributed by atoms with Crippen LogP contribution in [0.4, 0.5) is 5.95 Å². The summed E-state index contributed by atoms with van der Waals surface area (Å²) in [6, 6.07) is 7.75. The molecule has 2 unspecified atom stereocenters. The topological polar surface area (TPSA) is 50.7 Å². The first-order chi connectivity index (χ1) is 9.33. The molecule has 1 aliphatic rings. The molecular weight excluding hydrogens is 260 g/mol. The highest BCUT2D eigenvalue weighted by Crippen LogP contribution is 2.28. The van der Waals surface area contributed by atoms with E-state index in [9.17, 15) is 0 Å². The minimum atomic E-state index is 0.273. The number of fused-ring (bicyclic) bond motifs is 1. The number of halogens is 1. The molecule has 2 aromatic rings. The van der Waals surface area contributed by atoms with Crippen molar-refractivity contribution in [2.45, 2.75) is 31.1 Å². The molecular formula is C14H17ClN4. The van der Waals surface area contributed by atoms with Crippen LogP contribution in [0.2, 0.25) is 0 Å². The Morgan fingerprint density at radius 1 is 1.11 bits per heavy atom. The standard InChI is InChI=1S/C14H17ClN4/c15-11-6-2-1-5-10(11)9-16-14-17-12-7-3-4-8-13(12)18-19-14/h3-4,7-8,10-11H,1-2,5-6,9H2,(H,16,17,19). The van der Waals surface area contributed by atoms with Crippen molar-refractivity contribution in [2.24, 2.45) is 5.92 Å². The summed E-state index contributed by atoms with van der Waals surface area (Å²) < 4.78 is 0. The molecule has 1 N–H and O–H groups in total. The van der Waals surface area contributed by atoms with E-state index < -0.39 is 0 Å². The van der Waals surface area contributed by atoms with Gasteiger partial charge in [-0.15, -0.1) is 21.8 Å². The van der Waals surface area contributed by atoms with E-state index in [0.29, 0.717) is 11.9 Å². The molecule has 1 heterocycles. The molecule has 0 aliphatic heterocycles. The molecule has 1 aromatic carbocycles. The Kier molecular flexibility index (Phi) is 3.78. The van der Waals surface area contributed by atoms with Gasteiger partial charge in [0.2, 0.25) is 5.95 Å². The molecule has 19 heavy (non-hydrogen) atoms. The number of rotatable bonds is 3.